The molecule has 0 saturated heterocycles. The van der Waals surface area contributed by atoms with E-state index in [9.17, 15) is 9.59 Å². The zero-order valence-corrected chi connectivity index (χ0v) is 20.3. The van der Waals surface area contributed by atoms with Gasteiger partial charge in [-0.1, -0.05) is 37.7 Å². The number of nitrogens with one attached hydrogen (secondary N) is 2. The Balaban J connectivity index is 1.72. The van der Waals surface area contributed by atoms with Crippen LogP contribution in [0.1, 0.15) is 30.6 Å². The van der Waals surface area contributed by atoms with Crippen LogP contribution >= 0.6 is 11.3 Å². The summed E-state index contributed by atoms with van der Waals surface area (Å²) in [5.41, 5.74) is 2.43. The lowest BCUT2D eigenvalue weighted by Crippen LogP contribution is -2.47. The van der Waals surface area contributed by atoms with Crippen LogP contribution in [0.3, 0.4) is 0 Å². The summed E-state index contributed by atoms with van der Waals surface area (Å²) < 4.78 is 5.19. The molecule has 9 heteroatoms. The summed E-state index contributed by atoms with van der Waals surface area (Å²) in [7, 11) is 5.50. The predicted molar refractivity (Wildman–Crippen MR) is 132 cm³/mol. The zero-order chi connectivity index (χ0) is 24.0. The molecule has 0 fully saturated rings. The SMILES string of the molecule is CCC(C)C(NC(=O)c1cccc(OC)c1)C(=O)Nc1nnc(-c2ccc(N(C)C)cc2)s1. The summed E-state index contributed by atoms with van der Waals surface area (Å²) in [6.07, 6.45) is 0.718. The molecule has 2 unspecified atom stereocenters. The first kappa shape index (κ1) is 24.2. The number of hydrogen-bond acceptors (Lipinski definition) is 7. The van der Waals surface area contributed by atoms with Crippen LogP contribution in [0.4, 0.5) is 10.8 Å². The molecule has 3 aromatic rings. The van der Waals surface area contributed by atoms with E-state index in [1.54, 1.807) is 31.4 Å². The van der Waals surface area contributed by atoms with Crippen molar-refractivity contribution in [3.8, 4) is 16.3 Å². The van der Waals surface area contributed by atoms with Crippen molar-refractivity contribution in [2.45, 2.75) is 26.3 Å². The van der Waals surface area contributed by atoms with Gasteiger partial charge in [0, 0.05) is 30.9 Å². The molecule has 33 heavy (non-hydrogen) atoms. The van der Waals surface area contributed by atoms with Crippen molar-refractivity contribution in [1.82, 2.24) is 15.5 Å². The standard InChI is InChI=1S/C24H29N5O3S/c1-6-15(2)20(25-21(30)17-8-7-9-19(14-17)32-5)22(31)26-24-28-27-23(33-24)16-10-12-18(13-11-16)29(3)4/h7-15,20H,6H2,1-5H3,(H,25,30)(H,26,28,31). The summed E-state index contributed by atoms with van der Waals surface area (Å²) >= 11 is 1.29. The number of ether oxygens (including phenoxy) is 1. The maximum Gasteiger partial charge on any atom is 0.252 e. The largest absolute Gasteiger partial charge is 0.497 e. The number of anilines is 2. The molecular formula is C24H29N5O3S. The molecule has 2 atom stereocenters. The van der Waals surface area contributed by atoms with Gasteiger partial charge in [0.1, 0.15) is 16.8 Å². The topological polar surface area (TPSA) is 96.4 Å². The number of nitrogens with zero attached hydrogens (tertiary/aromatic N) is 3. The summed E-state index contributed by atoms with van der Waals surface area (Å²) in [4.78, 5) is 27.9. The van der Waals surface area contributed by atoms with E-state index < -0.39 is 6.04 Å². The molecule has 3 rings (SSSR count). The number of amides is 2. The third kappa shape index (κ3) is 6.07. The number of aromatic nitrogens is 2. The molecule has 0 bridgehead atoms. The Morgan fingerprint density at radius 3 is 2.48 bits per heavy atom. The minimum Gasteiger partial charge on any atom is -0.497 e. The molecular weight excluding hydrogens is 438 g/mol. The monoisotopic (exact) mass is 467 g/mol. The van der Waals surface area contributed by atoms with Gasteiger partial charge in [0.05, 0.1) is 7.11 Å². The number of carbonyl (C=O) groups excluding carboxylic acids is 2. The highest BCUT2D eigenvalue weighted by Crippen LogP contribution is 2.28. The second kappa shape index (κ2) is 10.9. The van der Waals surface area contributed by atoms with Gasteiger partial charge in [-0.15, -0.1) is 10.2 Å². The van der Waals surface area contributed by atoms with Crippen molar-refractivity contribution in [2.75, 3.05) is 31.4 Å². The maximum atomic E-state index is 13.1. The first-order valence-corrected chi connectivity index (χ1v) is 11.5. The van der Waals surface area contributed by atoms with Crippen molar-refractivity contribution in [1.29, 1.82) is 0 Å². The minimum absolute atomic E-state index is 0.0782. The number of rotatable bonds is 9. The quantitative estimate of drug-likeness (QED) is 0.493. The Hall–Kier alpha value is -3.46. The van der Waals surface area contributed by atoms with Gasteiger partial charge in [-0.2, -0.15) is 0 Å². The number of carbonyl (C=O) groups is 2. The molecule has 0 aliphatic heterocycles. The Morgan fingerprint density at radius 1 is 1.12 bits per heavy atom. The molecule has 174 valence electrons. The van der Waals surface area contributed by atoms with Gasteiger partial charge in [-0.05, 0) is 48.4 Å². The predicted octanol–water partition coefficient (Wildman–Crippen LogP) is 4.06. The van der Waals surface area contributed by atoms with Crippen LogP contribution in [0.25, 0.3) is 10.6 Å². The average Bonchev–Trinajstić information content (AvgIpc) is 3.30. The fraction of sp³-hybridized carbons (Fsp3) is 0.333. The zero-order valence-electron chi connectivity index (χ0n) is 19.5. The molecule has 2 amide bonds. The van der Waals surface area contributed by atoms with E-state index >= 15 is 0 Å². The van der Waals surface area contributed by atoms with Crippen LogP contribution in [-0.4, -0.2) is 49.3 Å². The van der Waals surface area contributed by atoms with Crippen molar-refractivity contribution >= 4 is 34.0 Å². The minimum atomic E-state index is -0.722. The molecule has 2 N–H and O–H groups in total. The van der Waals surface area contributed by atoms with Gasteiger partial charge < -0.3 is 15.0 Å². The van der Waals surface area contributed by atoms with Crippen LogP contribution in [0.5, 0.6) is 5.75 Å². The lowest BCUT2D eigenvalue weighted by Gasteiger charge is -2.23. The van der Waals surface area contributed by atoms with Crippen molar-refractivity contribution in [3.05, 3.63) is 54.1 Å². The Morgan fingerprint density at radius 2 is 1.85 bits per heavy atom. The van der Waals surface area contributed by atoms with E-state index in [4.69, 9.17) is 4.74 Å². The van der Waals surface area contributed by atoms with E-state index in [1.807, 2.05) is 57.1 Å². The van der Waals surface area contributed by atoms with Gasteiger partial charge in [-0.3, -0.25) is 14.9 Å². The first-order valence-electron chi connectivity index (χ1n) is 10.7. The normalized spacial score (nSPS) is 12.5. The lowest BCUT2D eigenvalue weighted by molar-refractivity contribution is -0.119. The van der Waals surface area contributed by atoms with Crippen molar-refractivity contribution in [2.24, 2.45) is 5.92 Å². The lowest BCUT2D eigenvalue weighted by atomic mass is 9.98. The molecule has 0 aliphatic carbocycles. The van der Waals surface area contributed by atoms with E-state index in [0.29, 0.717) is 21.5 Å². The van der Waals surface area contributed by atoms with Crippen molar-refractivity contribution in [3.63, 3.8) is 0 Å². The van der Waals surface area contributed by atoms with Crippen LogP contribution in [0, 0.1) is 5.92 Å². The third-order valence-electron chi connectivity index (χ3n) is 5.40. The van der Waals surface area contributed by atoms with Gasteiger partial charge >= 0.3 is 0 Å². The van der Waals surface area contributed by atoms with Crippen LogP contribution in [-0.2, 0) is 4.79 Å². The molecule has 0 spiro atoms. The van der Waals surface area contributed by atoms with Crippen molar-refractivity contribution < 1.29 is 14.3 Å². The summed E-state index contributed by atoms with van der Waals surface area (Å²) in [5.74, 6) is -0.169. The molecule has 2 aromatic carbocycles. The van der Waals surface area contributed by atoms with E-state index in [0.717, 1.165) is 17.7 Å². The highest BCUT2D eigenvalue weighted by molar-refractivity contribution is 7.18. The molecule has 0 aliphatic rings. The van der Waals surface area contributed by atoms with Gasteiger partial charge in [0.15, 0.2) is 0 Å². The van der Waals surface area contributed by atoms with E-state index in [1.165, 1.54) is 11.3 Å². The molecule has 0 saturated carbocycles. The number of benzene rings is 2. The molecule has 1 heterocycles. The Kier molecular flexibility index (Phi) is 8.00. The molecule has 8 nitrogen and oxygen atoms in total. The smallest absolute Gasteiger partial charge is 0.252 e. The summed E-state index contributed by atoms with van der Waals surface area (Å²) in [5, 5.41) is 15.1. The maximum absolute atomic E-state index is 13.1. The van der Waals surface area contributed by atoms with Crippen LogP contribution in [0.2, 0.25) is 0 Å². The number of hydrogen-bond donors (Lipinski definition) is 2. The average molecular weight is 468 g/mol. The Bertz CT molecular complexity index is 1100. The highest BCUT2D eigenvalue weighted by Gasteiger charge is 2.27. The second-order valence-corrected chi connectivity index (χ2v) is 8.89. The fourth-order valence-corrected chi connectivity index (χ4v) is 3.92. The van der Waals surface area contributed by atoms with Gasteiger partial charge in [0.2, 0.25) is 11.0 Å². The van der Waals surface area contributed by atoms with Gasteiger partial charge in [0.25, 0.3) is 5.91 Å². The van der Waals surface area contributed by atoms with Crippen LogP contribution in [0.15, 0.2) is 48.5 Å². The summed E-state index contributed by atoms with van der Waals surface area (Å²) in [6.45, 7) is 3.90. The van der Waals surface area contributed by atoms with E-state index in [2.05, 4.69) is 20.8 Å². The summed E-state index contributed by atoms with van der Waals surface area (Å²) in [6, 6.07) is 14.0. The number of methoxy groups -OCH3 is 1. The first-order chi connectivity index (χ1) is 15.8. The Labute approximate surface area is 198 Å². The molecule has 1 aromatic heterocycles. The molecule has 0 radical (unpaired) electrons. The van der Waals surface area contributed by atoms with Gasteiger partial charge in [-0.25, -0.2) is 0 Å². The third-order valence-corrected chi connectivity index (χ3v) is 6.29. The fourth-order valence-electron chi connectivity index (χ4n) is 3.17. The van der Waals surface area contributed by atoms with E-state index in [-0.39, 0.29) is 17.7 Å². The highest BCUT2D eigenvalue weighted by atomic mass is 32.1. The second-order valence-electron chi connectivity index (χ2n) is 7.91. The van der Waals surface area contributed by atoms with Crippen LogP contribution < -0.4 is 20.3 Å².